The molecule has 0 saturated heterocycles. The molecule has 0 amide bonds. The Morgan fingerprint density at radius 1 is 0.582 bits per heavy atom. The van der Waals surface area contributed by atoms with Crippen molar-refractivity contribution < 1.29 is 23.9 Å². The van der Waals surface area contributed by atoms with Crippen molar-refractivity contribution in [2.24, 2.45) is 10.3 Å². The summed E-state index contributed by atoms with van der Waals surface area (Å²) in [5, 5.41) is 18.5. The number of pyridine rings is 1. The minimum absolute atomic E-state index is 0.230. The first-order valence-electron chi connectivity index (χ1n) is 20.9. The number of nitrogens with one attached hydrogen (secondary N) is 3. The van der Waals surface area contributed by atoms with Gasteiger partial charge in [0.1, 0.15) is 67.2 Å². The molecule has 0 bridgehead atoms. The lowest BCUT2D eigenvalue weighted by Gasteiger charge is -2.12. The van der Waals surface area contributed by atoms with Crippen molar-refractivity contribution in [1.82, 2.24) is 30.2 Å². The molecule has 0 aliphatic heterocycles. The fourth-order valence-electron chi connectivity index (χ4n) is 5.79. The Bertz CT molecular complexity index is 2640. The van der Waals surface area contributed by atoms with Crippen LogP contribution in [0.5, 0.6) is 11.5 Å². The van der Waals surface area contributed by atoms with Gasteiger partial charge in [-0.05, 0) is 72.6 Å². The Hall–Kier alpha value is -7.57. The van der Waals surface area contributed by atoms with Crippen molar-refractivity contribution in [2.45, 2.75) is 26.2 Å². The number of hydrogen-bond acceptors (Lipinski definition) is 17. The molecule has 0 saturated carbocycles. The van der Waals surface area contributed by atoms with Gasteiger partial charge in [0.25, 0.3) is 0 Å². The number of hydrogen-bond donors (Lipinski definition) is 5. The Labute approximate surface area is 398 Å². The number of benzene rings is 4. The van der Waals surface area contributed by atoms with E-state index in [0.29, 0.717) is 82.1 Å². The van der Waals surface area contributed by atoms with E-state index in [0.717, 1.165) is 36.3 Å². The molecule has 3 heterocycles. The highest BCUT2D eigenvalue weighted by molar-refractivity contribution is 6.32. The molecule has 0 fully saturated rings. The van der Waals surface area contributed by atoms with E-state index in [1.54, 1.807) is 37.6 Å². The number of halogens is 2. The average molecular weight is 946 g/mol. The third kappa shape index (κ3) is 16.4. The molecular formula is C48H50Cl2N12O5. The van der Waals surface area contributed by atoms with Crippen molar-refractivity contribution in [3.05, 3.63) is 172 Å². The van der Waals surface area contributed by atoms with Crippen LogP contribution in [0.15, 0.2) is 144 Å². The second-order valence-electron chi connectivity index (χ2n) is 14.1. The first-order chi connectivity index (χ1) is 32.9. The minimum atomic E-state index is 0.230. The summed E-state index contributed by atoms with van der Waals surface area (Å²) in [6.45, 7) is 3.84. The number of oxime groups is 2. The van der Waals surface area contributed by atoms with Gasteiger partial charge in [0.2, 0.25) is 0 Å². The van der Waals surface area contributed by atoms with E-state index < -0.39 is 0 Å². The molecule has 346 valence electrons. The SMILES string of the molecule is COCCNCCCO/N=C/c1c(N)ncnc1Nc1ccc(OCc2ccccc2)c(Cl)c1.Nc1ncnc(Nc2ccc(OCc3ccccc3)c(Cl)c2)c1/C=N/OCc1ccccn1. The number of nitrogen functional groups attached to an aromatic ring is 2. The van der Waals surface area contributed by atoms with Gasteiger partial charge in [-0.3, -0.25) is 4.98 Å². The van der Waals surface area contributed by atoms with Crippen LogP contribution >= 0.6 is 23.2 Å². The van der Waals surface area contributed by atoms with Gasteiger partial charge < -0.3 is 51.3 Å². The molecule has 67 heavy (non-hydrogen) atoms. The summed E-state index contributed by atoms with van der Waals surface area (Å²) in [6, 6.07) is 36.1. The zero-order valence-electron chi connectivity index (χ0n) is 36.6. The standard InChI is InChI=1S/C24H29ClN6O3.C24H21ClN6O2/c1-32-13-11-27-10-5-12-34-30-15-20-23(26)28-17-29-24(20)31-19-8-9-22(21(25)14-19)33-16-18-6-3-2-4-7-18;25-21-12-18(9-10-22(21)32-14-17-6-2-1-3-7-17)31-24-20(23(26)28-16-29-24)13-30-33-15-19-8-4-5-11-27-19/h2-4,6-9,14-15,17,27H,5,10-13,16H2,1H3,(H3,26,28,29,31);1-13,16H,14-15H2,(H3,26,28,29,31)/b30-15+;30-13+. The fraction of sp³-hybridized carbons (Fsp3) is 0.188. The normalized spacial score (nSPS) is 10.9. The number of methoxy groups -OCH3 is 1. The number of nitrogens with zero attached hydrogens (tertiary/aromatic N) is 7. The first-order valence-corrected chi connectivity index (χ1v) is 21.7. The van der Waals surface area contributed by atoms with Crippen LogP contribution in [0.1, 0.15) is 34.4 Å². The molecule has 0 atom stereocenters. The van der Waals surface area contributed by atoms with E-state index in [-0.39, 0.29) is 18.2 Å². The molecule has 4 aromatic carbocycles. The number of ether oxygens (including phenoxy) is 3. The van der Waals surface area contributed by atoms with Gasteiger partial charge >= 0.3 is 0 Å². The van der Waals surface area contributed by atoms with Crippen LogP contribution in [-0.2, 0) is 34.2 Å². The molecule has 17 nitrogen and oxygen atoms in total. The van der Waals surface area contributed by atoms with Gasteiger partial charge in [0, 0.05) is 31.2 Å². The molecule has 7 rings (SSSR count). The van der Waals surface area contributed by atoms with Gasteiger partial charge in [0.15, 0.2) is 6.61 Å². The highest BCUT2D eigenvalue weighted by Gasteiger charge is 2.12. The van der Waals surface area contributed by atoms with Crippen molar-refractivity contribution >= 4 is 70.3 Å². The van der Waals surface area contributed by atoms with Crippen LogP contribution in [0.25, 0.3) is 0 Å². The zero-order chi connectivity index (χ0) is 46.9. The third-order valence-electron chi connectivity index (χ3n) is 9.22. The molecular weight excluding hydrogens is 896 g/mol. The van der Waals surface area contributed by atoms with E-state index in [9.17, 15) is 0 Å². The van der Waals surface area contributed by atoms with Crippen LogP contribution < -0.4 is 36.9 Å². The number of nitrogens with two attached hydrogens (primary N) is 2. The lowest BCUT2D eigenvalue weighted by atomic mass is 10.2. The van der Waals surface area contributed by atoms with Gasteiger partial charge in [-0.15, -0.1) is 0 Å². The Morgan fingerprint density at radius 2 is 1.12 bits per heavy atom. The van der Waals surface area contributed by atoms with Crippen molar-refractivity contribution in [1.29, 1.82) is 0 Å². The topological polar surface area (TPSA) is 223 Å². The van der Waals surface area contributed by atoms with Gasteiger partial charge in [0.05, 0.1) is 45.9 Å². The quantitative estimate of drug-likeness (QED) is 0.0229. The molecule has 7 N–H and O–H groups in total. The molecule has 7 aromatic rings. The predicted octanol–water partition coefficient (Wildman–Crippen LogP) is 8.99. The van der Waals surface area contributed by atoms with E-state index in [2.05, 4.69) is 51.2 Å². The van der Waals surface area contributed by atoms with Crippen LogP contribution in [0.4, 0.5) is 34.6 Å². The zero-order valence-corrected chi connectivity index (χ0v) is 38.1. The van der Waals surface area contributed by atoms with E-state index in [1.807, 2.05) is 91.0 Å². The van der Waals surface area contributed by atoms with Crippen LogP contribution in [0.2, 0.25) is 10.0 Å². The van der Waals surface area contributed by atoms with Crippen LogP contribution in [0.3, 0.4) is 0 Å². The Morgan fingerprint density at radius 3 is 1.63 bits per heavy atom. The van der Waals surface area contributed by atoms with Crippen molar-refractivity contribution in [2.75, 3.05) is 55.5 Å². The van der Waals surface area contributed by atoms with Crippen LogP contribution in [0, 0.1) is 0 Å². The largest absolute Gasteiger partial charge is 0.487 e. The number of aromatic nitrogens is 5. The van der Waals surface area contributed by atoms with Crippen molar-refractivity contribution in [3.8, 4) is 11.5 Å². The van der Waals surface area contributed by atoms with Crippen molar-refractivity contribution in [3.63, 3.8) is 0 Å². The summed E-state index contributed by atoms with van der Waals surface area (Å²) in [7, 11) is 1.67. The van der Waals surface area contributed by atoms with E-state index >= 15 is 0 Å². The van der Waals surface area contributed by atoms with E-state index in [4.69, 9.17) is 58.6 Å². The first kappa shape index (κ1) is 48.9. The molecule has 0 spiro atoms. The second kappa shape index (κ2) is 27.0. The van der Waals surface area contributed by atoms with Gasteiger partial charge in [-0.2, -0.15) is 0 Å². The Balaban J connectivity index is 0.000000221. The van der Waals surface area contributed by atoms with Crippen LogP contribution in [-0.4, -0.2) is 70.8 Å². The van der Waals surface area contributed by atoms with Gasteiger partial charge in [-0.1, -0.05) is 100 Å². The predicted molar refractivity (Wildman–Crippen MR) is 263 cm³/mol. The van der Waals surface area contributed by atoms with Gasteiger partial charge in [-0.25, -0.2) is 19.9 Å². The maximum atomic E-state index is 6.42. The lowest BCUT2D eigenvalue weighted by Crippen LogP contribution is -2.21. The minimum Gasteiger partial charge on any atom is -0.487 e. The summed E-state index contributed by atoms with van der Waals surface area (Å²) in [5.41, 5.74) is 17.3. The third-order valence-corrected chi connectivity index (χ3v) is 9.81. The molecule has 0 aliphatic rings. The summed E-state index contributed by atoms with van der Waals surface area (Å²) in [6.07, 6.45) is 8.19. The highest BCUT2D eigenvalue weighted by Crippen LogP contribution is 2.32. The Kier molecular flexibility index (Phi) is 19.7. The smallest absolute Gasteiger partial charge is 0.159 e. The highest BCUT2D eigenvalue weighted by atomic mass is 35.5. The molecule has 0 unspecified atom stereocenters. The molecule has 19 heteroatoms. The monoisotopic (exact) mass is 944 g/mol. The van der Waals surface area contributed by atoms with E-state index in [1.165, 1.54) is 25.1 Å². The lowest BCUT2D eigenvalue weighted by molar-refractivity contribution is 0.129. The molecule has 3 aromatic heterocycles. The molecule has 0 radical (unpaired) electrons. The fourth-order valence-corrected chi connectivity index (χ4v) is 6.26. The second-order valence-corrected chi connectivity index (χ2v) is 14.9. The summed E-state index contributed by atoms with van der Waals surface area (Å²) < 4.78 is 16.6. The summed E-state index contributed by atoms with van der Waals surface area (Å²) in [4.78, 5) is 31.4. The number of anilines is 6. The summed E-state index contributed by atoms with van der Waals surface area (Å²) >= 11 is 12.8. The number of rotatable bonds is 23. The maximum Gasteiger partial charge on any atom is 0.159 e. The molecule has 0 aliphatic carbocycles. The average Bonchev–Trinajstić information content (AvgIpc) is 3.34. The summed E-state index contributed by atoms with van der Waals surface area (Å²) in [5.74, 6) is 2.64. The maximum absolute atomic E-state index is 6.42.